The quantitative estimate of drug-likeness (QED) is 0.691. The first-order valence-corrected chi connectivity index (χ1v) is 9.64. The van der Waals surface area contributed by atoms with E-state index in [4.69, 9.17) is 16.7 Å². The van der Waals surface area contributed by atoms with Crippen molar-refractivity contribution in [3.8, 4) is 0 Å². The lowest BCUT2D eigenvalue weighted by Gasteiger charge is -2.34. The van der Waals surface area contributed by atoms with Crippen molar-refractivity contribution >= 4 is 39.9 Å². The first-order valence-electron chi connectivity index (χ1n) is 8.45. The molecule has 8 nitrogen and oxygen atoms in total. The number of aromatic amines is 1. The largest absolute Gasteiger partial charge is 0.477 e. The van der Waals surface area contributed by atoms with Crippen LogP contribution in [-0.4, -0.2) is 57.2 Å². The molecule has 1 aliphatic heterocycles. The number of nitrogens with zero attached hydrogens (tertiary/aromatic N) is 3. The molecule has 1 amide bonds. The maximum atomic E-state index is 14.6. The zero-order valence-corrected chi connectivity index (χ0v) is 16.3. The van der Waals surface area contributed by atoms with Crippen LogP contribution in [0.5, 0.6) is 0 Å². The Morgan fingerprint density at radius 1 is 1.48 bits per heavy atom. The number of alkyl halides is 1. The molecule has 3 N–H and O–H groups in total. The molecule has 2 aromatic rings. The number of aryl methyl sites for hydroxylation is 2. The summed E-state index contributed by atoms with van der Waals surface area (Å²) in [6.07, 6.45) is -0.353. The average molecular weight is 416 g/mol. The van der Waals surface area contributed by atoms with E-state index in [2.05, 4.69) is 20.3 Å². The van der Waals surface area contributed by atoms with E-state index >= 15 is 0 Å². The van der Waals surface area contributed by atoms with Crippen LogP contribution in [0.3, 0.4) is 0 Å². The van der Waals surface area contributed by atoms with Gasteiger partial charge in [-0.2, -0.15) is 0 Å². The van der Waals surface area contributed by atoms with Gasteiger partial charge in [-0.25, -0.2) is 19.2 Å². The zero-order chi connectivity index (χ0) is 19.7. The molecule has 11 heteroatoms. The van der Waals surface area contributed by atoms with Gasteiger partial charge in [0.2, 0.25) is 0 Å². The Kier molecular flexibility index (Phi) is 5.66. The average Bonchev–Trinajstić information content (AvgIpc) is 3.19. The second-order valence-corrected chi connectivity index (χ2v) is 7.59. The summed E-state index contributed by atoms with van der Waals surface area (Å²) in [4.78, 5) is 36.3. The van der Waals surface area contributed by atoms with Crippen LogP contribution in [0.1, 0.15) is 45.0 Å². The van der Waals surface area contributed by atoms with Crippen LogP contribution in [0.15, 0.2) is 0 Å². The van der Waals surface area contributed by atoms with E-state index in [0.29, 0.717) is 35.9 Å². The molecular formula is C16H19ClFN5O3S. The number of amides is 1. The van der Waals surface area contributed by atoms with Crippen LogP contribution in [-0.2, 0) is 6.42 Å². The minimum Gasteiger partial charge on any atom is -0.477 e. The maximum absolute atomic E-state index is 14.6. The van der Waals surface area contributed by atoms with Crippen LogP contribution in [0, 0.1) is 6.92 Å². The van der Waals surface area contributed by atoms with Gasteiger partial charge in [-0.15, -0.1) is 0 Å². The van der Waals surface area contributed by atoms with Gasteiger partial charge in [-0.05, 0) is 19.8 Å². The summed E-state index contributed by atoms with van der Waals surface area (Å²) in [5.41, 5.74) is 1.07. The molecule has 146 valence electrons. The van der Waals surface area contributed by atoms with Crippen LogP contribution in [0.25, 0.3) is 0 Å². The Morgan fingerprint density at radius 3 is 2.78 bits per heavy atom. The molecule has 1 saturated heterocycles. The number of aromatic carboxylic acids is 1. The monoisotopic (exact) mass is 415 g/mol. The highest BCUT2D eigenvalue weighted by molar-refractivity contribution is 7.17. The summed E-state index contributed by atoms with van der Waals surface area (Å²) in [5.74, 6) is -1.48. The predicted molar refractivity (Wildman–Crippen MR) is 99.8 cm³/mol. The van der Waals surface area contributed by atoms with E-state index < -0.39 is 24.1 Å². The minimum atomic E-state index is -1.32. The second-order valence-electron chi connectivity index (χ2n) is 6.26. The topological polar surface area (TPSA) is 111 Å². The molecule has 0 aliphatic carbocycles. The normalized spacial score (nSPS) is 19.9. The molecular weight excluding hydrogens is 397 g/mol. The fourth-order valence-corrected chi connectivity index (χ4v) is 4.13. The number of carboxylic acids is 1. The number of piperidine rings is 1. The Labute approximate surface area is 163 Å². The van der Waals surface area contributed by atoms with E-state index in [1.807, 2.05) is 6.92 Å². The molecule has 0 spiro atoms. The van der Waals surface area contributed by atoms with Gasteiger partial charge in [0.05, 0.1) is 24.0 Å². The molecule has 3 heterocycles. The number of aromatic nitrogens is 3. The first-order chi connectivity index (χ1) is 12.8. The fourth-order valence-electron chi connectivity index (χ4n) is 2.92. The first kappa shape index (κ1) is 19.6. The summed E-state index contributed by atoms with van der Waals surface area (Å²) < 4.78 is 14.6. The lowest BCUT2D eigenvalue weighted by molar-refractivity contribution is 0.0700. The van der Waals surface area contributed by atoms with Crippen molar-refractivity contribution in [1.82, 2.24) is 20.3 Å². The van der Waals surface area contributed by atoms with Gasteiger partial charge in [-0.1, -0.05) is 29.9 Å². The number of halogens is 2. The van der Waals surface area contributed by atoms with Crippen molar-refractivity contribution in [2.75, 3.05) is 18.0 Å². The number of nitrogens with one attached hydrogen (secondary N) is 2. The Bertz CT molecular complexity index is 870. The van der Waals surface area contributed by atoms with Crippen molar-refractivity contribution in [2.24, 2.45) is 0 Å². The zero-order valence-electron chi connectivity index (χ0n) is 14.8. The maximum Gasteiger partial charge on any atom is 0.347 e. The second kappa shape index (κ2) is 7.81. The summed E-state index contributed by atoms with van der Waals surface area (Å²) in [7, 11) is 0. The molecule has 27 heavy (non-hydrogen) atoms. The highest BCUT2D eigenvalue weighted by Crippen LogP contribution is 2.29. The van der Waals surface area contributed by atoms with Crippen LogP contribution < -0.4 is 10.2 Å². The third-order valence-corrected chi connectivity index (χ3v) is 5.92. The highest BCUT2D eigenvalue weighted by Gasteiger charge is 2.33. The van der Waals surface area contributed by atoms with Crippen LogP contribution in [0.4, 0.5) is 9.52 Å². The van der Waals surface area contributed by atoms with Crippen molar-refractivity contribution in [1.29, 1.82) is 0 Å². The van der Waals surface area contributed by atoms with Crippen molar-refractivity contribution in [3.05, 3.63) is 27.2 Å². The van der Waals surface area contributed by atoms with Crippen molar-refractivity contribution in [3.63, 3.8) is 0 Å². The third kappa shape index (κ3) is 4.06. The van der Waals surface area contributed by atoms with Crippen molar-refractivity contribution < 1.29 is 19.1 Å². The Hall–Kier alpha value is -2.20. The summed E-state index contributed by atoms with van der Waals surface area (Å²) in [6.45, 7) is 3.97. The molecule has 0 bridgehead atoms. The molecule has 3 rings (SSSR count). The molecule has 1 aliphatic rings. The van der Waals surface area contributed by atoms with Gasteiger partial charge in [0, 0.05) is 6.54 Å². The van der Waals surface area contributed by atoms with Gasteiger partial charge in [0.25, 0.3) is 5.91 Å². The predicted octanol–water partition coefficient (Wildman–Crippen LogP) is 2.44. The lowest BCUT2D eigenvalue weighted by Crippen LogP contribution is -2.52. The smallest absolute Gasteiger partial charge is 0.347 e. The lowest BCUT2D eigenvalue weighted by atomic mass is 10.0. The molecule has 0 saturated carbocycles. The molecule has 0 radical (unpaired) electrons. The molecule has 2 aromatic heterocycles. The Morgan fingerprint density at radius 2 is 2.22 bits per heavy atom. The van der Waals surface area contributed by atoms with E-state index in [1.165, 1.54) is 0 Å². The van der Waals surface area contributed by atoms with E-state index in [-0.39, 0.29) is 22.4 Å². The number of H-pyrrole nitrogens is 1. The minimum absolute atomic E-state index is 0.0239. The highest BCUT2D eigenvalue weighted by atomic mass is 35.5. The van der Waals surface area contributed by atoms with Crippen LogP contribution in [0.2, 0.25) is 5.15 Å². The van der Waals surface area contributed by atoms with Gasteiger partial charge < -0.3 is 20.3 Å². The number of imidazole rings is 1. The van der Waals surface area contributed by atoms with E-state index in [9.17, 15) is 14.0 Å². The van der Waals surface area contributed by atoms with Gasteiger partial charge in [0.1, 0.15) is 11.0 Å². The standard InChI is InChI=1S/C16H19ClFN5O3S/c1-3-9-12(17)22-13(20-9)14(24)21-10-4-5-23(6-8(10)18)16-19-7(2)11(27-16)15(25)26/h8,10H,3-6H2,1-2H3,(H,20,22)(H,21,24)(H,25,26)/t8-,10+/m1/s1. The number of carboxylic acid groups (broad SMARTS) is 1. The Balaban J connectivity index is 1.63. The molecule has 0 unspecified atom stereocenters. The number of rotatable bonds is 5. The number of hydrogen-bond donors (Lipinski definition) is 3. The third-order valence-electron chi connectivity index (χ3n) is 4.40. The van der Waals surface area contributed by atoms with E-state index in [0.717, 1.165) is 11.3 Å². The molecule has 2 atom stereocenters. The SMILES string of the molecule is CCc1[nH]c(C(=O)N[C@H]2CCN(c3nc(C)c(C(=O)O)s3)C[C@H]2F)nc1Cl. The van der Waals surface area contributed by atoms with Gasteiger partial charge in [-0.3, -0.25) is 4.79 Å². The summed E-state index contributed by atoms with van der Waals surface area (Å²) in [6, 6.07) is -0.664. The van der Waals surface area contributed by atoms with Crippen molar-refractivity contribution in [2.45, 2.75) is 38.9 Å². The molecule has 1 fully saturated rings. The van der Waals surface area contributed by atoms with Gasteiger partial charge in [0.15, 0.2) is 16.1 Å². The number of carbonyl (C=O) groups is 2. The summed E-state index contributed by atoms with van der Waals surface area (Å²) in [5, 5.41) is 12.5. The number of thiazole rings is 1. The number of hydrogen-bond acceptors (Lipinski definition) is 6. The number of anilines is 1. The van der Waals surface area contributed by atoms with E-state index in [1.54, 1.807) is 11.8 Å². The fraction of sp³-hybridized carbons (Fsp3) is 0.500. The molecule has 0 aromatic carbocycles. The number of carbonyl (C=O) groups excluding carboxylic acids is 1. The van der Waals surface area contributed by atoms with Gasteiger partial charge >= 0.3 is 5.97 Å². The summed E-state index contributed by atoms with van der Waals surface area (Å²) >= 11 is 6.96. The van der Waals surface area contributed by atoms with Crippen LogP contribution >= 0.6 is 22.9 Å².